The van der Waals surface area contributed by atoms with E-state index in [1.54, 1.807) is 23.6 Å². The lowest BCUT2D eigenvalue weighted by molar-refractivity contribution is -0.120. The number of carbonyl (C=O) groups is 1. The molecule has 0 aliphatic carbocycles. The van der Waals surface area contributed by atoms with Crippen LogP contribution >= 0.6 is 11.3 Å². The van der Waals surface area contributed by atoms with Gasteiger partial charge in [0.15, 0.2) is 11.6 Å². The molecular formula is C15H17N3O4S2. The van der Waals surface area contributed by atoms with Gasteiger partial charge in [0.25, 0.3) is 10.0 Å². The van der Waals surface area contributed by atoms with Crippen molar-refractivity contribution in [2.24, 2.45) is 5.92 Å². The first-order valence-electron chi connectivity index (χ1n) is 7.47. The van der Waals surface area contributed by atoms with Gasteiger partial charge in [0.05, 0.1) is 5.92 Å². The molecule has 1 amide bonds. The lowest BCUT2D eigenvalue weighted by Gasteiger charge is -2.30. The monoisotopic (exact) mass is 367 g/mol. The molecule has 2 aromatic rings. The minimum absolute atomic E-state index is 0.0840. The largest absolute Gasteiger partial charge is 0.504 e. The summed E-state index contributed by atoms with van der Waals surface area (Å²) in [6.45, 7) is 0.526. The number of amides is 1. The highest BCUT2D eigenvalue weighted by molar-refractivity contribution is 7.91. The molecule has 2 aromatic heterocycles. The van der Waals surface area contributed by atoms with E-state index >= 15 is 0 Å². The van der Waals surface area contributed by atoms with Gasteiger partial charge in [-0.1, -0.05) is 6.07 Å². The third-order valence-electron chi connectivity index (χ3n) is 3.87. The fraction of sp³-hybridized carbons (Fsp3) is 0.333. The summed E-state index contributed by atoms with van der Waals surface area (Å²) in [6.07, 6.45) is 2.66. The molecule has 0 radical (unpaired) electrons. The summed E-state index contributed by atoms with van der Waals surface area (Å²) in [5.41, 5.74) is 0. The van der Waals surface area contributed by atoms with Crippen LogP contribution in [0.3, 0.4) is 0 Å². The molecule has 3 heterocycles. The molecule has 128 valence electrons. The van der Waals surface area contributed by atoms with Gasteiger partial charge in [-0.3, -0.25) is 4.79 Å². The van der Waals surface area contributed by atoms with E-state index < -0.39 is 15.9 Å². The van der Waals surface area contributed by atoms with Crippen LogP contribution in [-0.4, -0.2) is 41.8 Å². The summed E-state index contributed by atoms with van der Waals surface area (Å²) in [6, 6.07) is 6.24. The third-order valence-corrected chi connectivity index (χ3v) is 7.11. The summed E-state index contributed by atoms with van der Waals surface area (Å²) >= 11 is 1.16. The van der Waals surface area contributed by atoms with Gasteiger partial charge in [-0.05, 0) is 36.4 Å². The van der Waals surface area contributed by atoms with Gasteiger partial charge in [-0.25, -0.2) is 13.4 Å². The first-order valence-corrected chi connectivity index (χ1v) is 9.79. The first kappa shape index (κ1) is 16.9. The highest BCUT2D eigenvalue weighted by Gasteiger charge is 2.34. The summed E-state index contributed by atoms with van der Waals surface area (Å²) < 4.78 is 26.8. The van der Waals surface area contributed by atoms with Crippen LogP contribution < -0.4 is 5.32 Å². The Balaban J connectivity index is 1.72. The number of piperidine rings is 1. The molecule has 0 spiro atoms. The maximum atomic E-state index is 12.6. The van der Waals surface area contributed by atoms with Gasteiger partial charge < -0.3 is 10.4 Å². The summed E-state index contributed by atoms with van der Waals surface area (Å²) in [5, 5.41) is 14.0. The number of anilines is 1. The molecule has 7 nitrogen and oxygen atoms in total. The number of hydrogen-bond acceptors (Lipinski definition) is 6. The van der Waals surface area contributed by atoms with Crippen LogP contribution in [0.1, 0.15) is 12.8 Å². The van der Waals surface area contributed by atoms with Crippen molar-refractivity contribution in [2.75, 3.05) is 18.4 Å². The fourth-order valence-corrected chi connectivity index (χ4v) is 5.29. The molecule has 0 unspecified atom stereocenters. The Labute approximate surface area is 144 Å². The Morgan fingerprint density at radius 3 is 2.92 bits per heavy atom. The molecule has 0 aromatic carbocycles. The number of hydrogen-bond donors (Lipinski definition) is 2. The normalized spacial score (nSPS) is 19.1. The highest BCUT2D eigenvalue weighted by atomic mass is 32.2. The number of carbonyl (C=O) groups excluding carboxylic acids is 1. The number of aromatic nitrogens is 1. The number of sulfonamides is 1. The molecule has 1 saturated heterocycles. The van der Waals surface area contributed by atoms with Crippen LogP contribution in [0.25, 0.3) is 0 Å². The van der Waals surface area contributed by atoms with Gasteiger partial charge >= 0.3 is 0 Å². The smallest absolute Gasteiger partial charge is 0.252 e. The summed E-state index contributed by atoms with van der Waals surface area (Å²) in [5.74, 6) is -0.851. The Morgan fingerprint density at radius 2 is 2.21 bits per heavy atom. The minimum atomic E-state index is -3.56. The molecule has 1 fully saturated rings. The van der Waals surface area contributed by atoms with E-state index in [2.05, 4.69) is 10.3 Å². The van der Waals surface area contributed by atoms with Crippen LogP contribution in [0.4, 0.5) is 5.82 Å². The van der Waals surface area contributed by atoms with E-state index in [4.69, 9.17) is 0 Å². The average molecular weight is 367 g/mol. The van der Waals surface area contributed by atoms with Crippen LogP contribution in [0, 0.1) is 5.92 Å². The van der Waals surface area contributed by atoms with Crippen LogP contribution in [0.5, 0.6) is 5.75 Å². The number of nitrogens with zero attached hydrogens (tertiary/aromatic N) is 2. The van der Waals surface area contributed by atoms with Crippen LogP contribution in [-0.2, 0) is 14.8 Å². The Bertz CT molecular complexity index is 821. The molecule has 0 saturated carbocycles. The standard InChI is InChI=1S/C15H17N3O4S2/c19-12-5-1-7-16-14(12)17-15(20)11-4-2-8-18(10-11)24(21,22)13-6-3-9-23-13/h1,3,5-7,9,11,19H,2,4,8,10H2,(H,16,17,20)/t11-/m1/s1. The van der Waals surface area contributed by atoms with E-state index in [0.717, 1.165) is 11.3 Å². The zero-order valence-electron chi connectivity index (χ0n) is 12.8. The number of pyridine rings is 1. The second-order valence-electron chi connectivity index (χ2n) is 5.49. The molecule has 24 heavy (non-hydrogen) atoms. The summed E-state index contributed by atoms with van der Waals surface area (Å²) in [4.78, 5) is 16.3. The Hall–Kier alpha value is -1.97. The van der Waals surface area contributed by atoms with Crippen molar-refractivity contribution in [2.45, 2.75) is 17.1 Å². The van der Waals surface area contributed by atoms with Gasteiger partial charge in [-0.15, -0.1) is 11.3 Å². The maximum absolute atomic E-state index is 12.6. The third kappa shape index (κ3) is 3.42. The Morgan fingerprint density at radius 1 is 1.38 bits per heavy atom. The molecule has 3 rings (SSSR count). The quantitative estimate of drug-likeness (QED) is 0.860. The van der Waals surface area contributed by atoms with Gasteiger partial charge in [-0.2, -0.15) is 4.31 Å². The first-order chi connectivity index (χ1) is 11.5. The van der Waals surface area contributed by atoms with Crippen molar-refractivity contribution in [3.05, 3.63) is 35.8 Å². The fourth-order valence-electron chi connectivity index (χ4n) is 2.62. The summed E-state index contributed by atoms with van der Waals surface area (Å²) in [7, 11) is -3.56. The molecule has 1 atom stereocenters. The second-order valence-corrected chi connectivity index (χ2v) is 8.61. The lowest BCUT2D eigenvalue weighted by atomic mass is 9.99. The van der Waals surface area contributed by atoms with Crippen molar-refractivity contribution in [3.63, 3.8) is 0 Å². The number of aromatic hydroxyl groups is 1. The van der Waals surface area contributed by atoms with E-state index in [-0.39, 0.29) is 28.2 Å². The van der Waals surface area contributed by atoms with E-state index in [9.17, 15) is 18.3 Å². The highest BCUT2D eigenvalue weighted by Crippen LogP contribution is 2.27. The van der Waals surface area contributed by atoms with Crippen molar-refractivity contribution in [1.29, 1.82) is 0 Å². The van der Waals surface area contributed by atoms with Crippen molar-refractivity contribution < 1.29 is 18.3 Å². The van der Waals surface area contributed by atoms with Crippen molar-refractivity contribution in [1.82, 2.24) is 9.29 Å². The maximum Gasteiger partial charge on any atom is 0.252 e. The second kappa shape index (κ2) is 6.88. The average Bonchev–Trinajstić information content (AvgIpc) is 3.12. The lowest BCUT2D eigenvalue weighted by Crippen LogP contribution is -2.43. The SMILES string of the molecule is O=C(Nc1ncccc1O)[C@@H]1CCCN(S(=O)(=O)c2cccs2)C1. The van der Waals surface area contributed by atoms with Gasteiger partial charge in [0, 0.05) is 19.3 Å². The zero-order valence-corrected chi connectivity index (χ0v) is 14.4. The van der Waals surface area contributed by atoms with E-state index in [1.165, 1.54) is 16.6 Å². The minimum Gasteiger partial charge on any atom is -0.504 e. The molecule has 0 bridgehead atoms. The molecular weight excluding hydrogens is 350 g/mol. The number of thiophene rings is 1. The molecule has 1 aliphatic rings. The van der Waals surface area contributed by atoms with Crippen molar-refractivity contribution in [3.8, 4) is 5.75 Å². The van der Waals surface area contributed by atoms with E-state index in [1.807, 2.05) is 0 Å². The molecule has 2 N–H and O–H groups in total. The number of nitrogens with one attached hydrogen (secondary N) is 1. The predicted octanol–water partition coefficient (Wildman–Crippen LogP) is 1.89. The van der Waals surface area contributed by atoms with Crippen molar-refractivity contribution >= 4 is 33.1 Å². The molecule has 1 aliphatic heterocycles. The molecule has 9 heteroatoms. The van der Waals surface area contributed by atoms with Crippen LogP contribution in [0.15, 0.2) is 40.1 Å². The predicted molar refractivity (Wildman–Crippen MR) is 90.3 cm³/mol. The van der Waals surface area contributed by atoms with Gasteiger partial charge in [0.1, 0.15) is 4.21 Å². The number of rotatable bonds is 4. The zero-order chi connectivity index (χ0) is 17.2. The van der Waals surface area contributed by atoms with Crippen LogP contribution in [0.2, 0.25) is 0 Å². The van der Waals surface area contributed by atoms with E-state index in [0.29, 0.717) is 19.4 Å². The Kier molecular flexibility index (Phi) is 4.83. The topological polar surface area (TPSA) is 99.6 Å². The van der Waals surface area contributed by atoms with Gasteiger partial charge in [0.2, 0.25) is 5.91 Å².